The lowest BCUT2D eigenvalue weighted by atomic mass is 10.1. The van der Waals surface area contributed by atoms with Gasteiger partial charge in [0, 0.05) is 45.6 Å². The van der Waals surface area contributed by atoms with Crippen LogP contribution < -0.4 is 9.80 Å². The number of thioether (sulfide) groups is 1. The van der Waals surface area contributed by atoms with E-state index in [9.17, 15) is 9.59 Å². The quantitative estimate of drug-likeness (QED) is 0.573. The predicted molar refractivity (Wildman–Crippen MR) is 114 cm³/mol. The summed E-state index contributed by atoms with van der Waals surface area (Å²) in [5.74, 6) is 0.546. The summed E-state index contributed by atoms with van der Waals surface area (Å²) in [5.41, 5.74) is 2.39. The van der Waals surface area contributed by atoms with E-state index in [1.165, 1.54) is 16.7 Å². The molecule has 9 heteroatoms. The first-order chi connectivity index (χ1) is 13.9. The van der Waals surface area contributed by atoms with Crippen molar-refractivity contribution in [1.82, 2.24) is 14.9 Å². The lowest BCUT2D eigenvalue weighted by molar-refractivity contribution is 0.0989. The average Bonchev–Trinajstić information content (AvgIpc) is 2.84. The molecule has 1 N–H and O–H groups in total. The Labute approximate surface area is 174 Å². The van der Waals surface area contributed by atoms with Gasteiger partial charge in [0.25, 0.3) is 5.91 Å². The van der Waals surface area contributed by atoms with Gasteiger partial charge < -0.3 is 19.8 Å². The van der Waals surface area contributed by atoms with E-state index < -0.39 is 6.09 Å². The van der Waals surface area contributed by atoms with Crippen LogP contribution in [0, 0.1) is 0 Å². The Bertz CT molecular complexity index is 907. The van der Waals surface area contributed by atoms with Crippen LogP contribution in [-0.2, 0) is 6.42 Å². The fourth-order valence-electron chi connectivity index (χ4n) is 3.24. The Morgan fingerprint density at radius 2 is 2.14 bits per heavy atom. The highest BCUT2D eigenvalue weighted by atomic mass is 32.2. The van der Waals surface area contributed by atoms with E-state index >= 15 is 0 Å². The minimum absolute atomic E-state index is 0.111. The van der Waals surface area contributed by atoms with Crippen molar-refractivity contribution < 1.29 is 14.7 Å². The summed E-state index contributed by atoms with van der Waals surface area (Å²) >= 11 is 1.45. The zero-order valence-electron chi connectivity index (χ0n) is 16.8. The van der Waals surface area contributed by atoms with Crippen molar-refractivity contribution in [2.45, 2.75) is 18.0 Å². The summed E-state index contributed by atoms with van der Waals surface area (Å²) < 4.78 is 0. The fourth-order valence-corrected chi connectivity index (χ4v) is 3.58. The molecule has 154 valence electrons. The van der Waals surface area contributed by atoms with Crippen LogP contribution in [-0.4, -0.2) is 72.0 Å². The number of carbonyl (C=O) groups excluding carboxylic acids is 1. The molecule has 0 saturated heterocycles. The third kappa shape index (κ3) is 4.79. The van der Waals surface area contributed by atoms with E-state index in [1.54, 1.807) is 18.1 Å². The maximum absolute atomic E-state index is 13.2. The van der Waals surface area contributed by atoms with Crippen molar-refractivity contribution in [3.05, 3.63) is 41.6 Å². The van der Waals surface area contributed by atoms with Crippen molar-refractivity contribution in [1.29, 1.82) is 0 Å². The SMILES string of the molecule is CSc1ncc2c(n1)N(C)CCN(c1cccc(CCCN(C)C(=O)O)c1)C2=O. The molecule has 3 rings (SSSR count). The number of hydrogen-bond donors (Lipinski definition) is 1. The fraction of sp³-hybridized carbons (Fsp3) is 0.400. The molecule has 0 fully saturated rings. The smallest absolute Gasteiger partial charge is 0.407 e. The van der Waals surface area contributed by atoms with Crippen molar-refractivity contribution in [2.24, 2.45) is 0 Å². The molecule has 0 unspecified atom stereocenters. The highest BCUT2D eigenvalue weighted by molar-refractivity contribution is 7.98. The van der Waals surface area contributed by atoms with Gasteiger partial charge in [0.05, 0.1) is 0 Å². The minimum Gasteiger partial charge on any atom is -0.465 e. The van der Waals surface area contributed by atoms with Crippen LogP contribution in [0.15, 0.2) is 35.6 Å². The Morgan fingerprint density at radius 3 is 2.86 bits per heavy atom. The van der Waals surface area contributed by atoms with Crippen molar-refractivity contribution >= 4 is 35.3 Å². The normalized spacial score (nSPS) is 13.8. The third-order valence-corrected chi connectivity index (χ3v) is 5.49. The zero-order valence-corrected chi connectivity index (χ0v) is 17.6. The van der Waals surface area contributed by atoms with Crippen molar-refractivity contribution in [3.63, 3.8) is 0 Å². The number of rotatable bonds is 6. The van der Waals surface area contributed by atoms with Gasteiger partial charge in [0.1, 0.15) is 11.4 Å². The number of nitrogens with zero attached hydrogens (tertiary/aromatic N) is 5. The molecule has 0 bridgehead atoms. The first-order valence-electron chi connectivity index (χ1n) is 9.37. The van der Waals surface area contributed by atoms with E-state index in [-0.39, 0.29) is 5.91 Å². The van der Waals surface area contributed by atoms with Crippen LogP contribution in [0.3, 0.4) is 0 Å². The summed E-state index contributed by atoms with van der Waals surface area (Å²) in [6.45, 7) is 1.68. The van der Waals surface area contributed by atoms with Gasteiger partial charge in [-0.1, -0.05) is 23.9 Å². The largest absolute Gasteiger partial charge is 0.465 e. The number of likely N-dealkylation sites (N-methyl/N-ethyl adjacent to an activating group) is 1. The zero-order chi connectivity index (χ0) is 21.0. The first-order valence-corrected chi connectivity index (χ1v) is 10.6. The molecule has 0 aliphatic carbocycles. The number of hydrogen-bond acceptors (Lipinski definition) is 6. The Kier molecular flexibility index (Phi) is 6.58. The molecule has 1 aliphatic rings. The predicted octanol–water partition coefficient (Wildman–Crippen LogP) is 2.84. The molecule has 1 aromatic carbocycles. The highest BCUT2D eigenvalue weighted by Crippen LogP contribution is 2.27. The highest BCUT2D eigenvalue weighted by Gasteiger charge is 2.28. The summed E-state index contributed by atoms with van der Waals surface area (Å²) in [6, 6.07) is 7.86. The third-order valence-electron chi connectivity index (χ3n) is 4.93. The number of fused-ring (bicyclic) bond motifs is 1. The summed E-state index contributed by atoms with van der Waals surface area (Å²) in [4.78, 5) is 37.9. The molecule has 2 aromatic rings. The Hall–Kier alpha value is -2.81. The number of anilines is 2. The second-order valence-corrected chi connectivity index (χ2v) is 7.72. The van der Waals surface area contributed by atoms with Gasteiger partial charge in [-0.15, -0.1) is 0 Å². The van der Waals surface area contributed by atoms with Crippen LogP contribution in [0.25, 0.3) is 0 Å². The molecule has 0 radical (unpaired) electrons. The first kappa shape index (κ1) is 20.9. The summed E-state index contributed by atoms with van der Waals surface area (Å²) in [6.07, 6.45) is 4.05. The van der Waals surface area contributed by atoms with Crippen molar-refractivity contribution in [3.8, 4) is 0 Å². The van der Waals surface area contributed by atoms with Gasteiger partial charge in [-0.05, 0) is 36.8 Å². The van der Waals surface area contributed by atoms with E-state index in [0.717, 1.165) is 24.1 Å². The molecule has 0 atom stereocenters. The van der Waals surface area contributed by atoms with Gasteiger partial charge in [0.2, 0.25) is 0 Å². The van der Waals surface area contributed by atoms with Gasteiger partial charge in [-0.2, -0.15) is 0 Å². The standard InChI is InChI=1S/C20H25N5O3S/c1-23-10-11-25(18(26)16-13-21-19(29-3)22-17(16)23)15-8-4-6-14(12-15)7-5-9-24(2)20(27)28/h4,6,8,12-13H,5,7,9-11H2,1-3H3,(H,27,28). The van der Waals surface area contributed by atoms with Gasteiger partial charge in [0.15, 0.2) is 5.16 Å². The average molecular weight is 416 g/mol. The lowest BCUT2D eigenvalue weighted by Gasteiger charge is -2.22. The van der Waals surface area contributed by atoms with Crippen LogP contribution in [0.4, 0.5) is 16.3 Å². The summed E-state index contributed by atoms with van der Waals surface area (Å²) in [5, 5.41) is 9.59. The van der Waals surface area contributed by atoms with Crippen LogP contribution in [0.5, 0.6) is 0 Å². The molecular formula is C20H25N5O3S. The molecule has 0 saturated carbocycles. The topological polar surface area (TPSA) is 89.9 Å². The van der Waals surface area contributed by atoms with Gasteiger partial charge >= 0.3 is 6.09 Å². The Balaban J connectivity index is 1.79. The number of benzene rings is 1. The van der Waals surface area contributed by atoms with Gasteiger partial charge in [-0.25, -0.2) is 14.8 Å². The molecule has 29 heavy (non-hydrogen) atoms. The maximum Gasteiger partial charge on any atom is 0.407 e. The molecule has 2 amide bonds. The maximum atomic E-state index is 13.2. The Morgan fingerprint density at radius 1 is 1.34 bits per heavy atom. The van der Waals surface area contributed by atoms with Crippen LogP contribution in [0.2, 0.25) is 0 Å². The minimum atomic E-state index is -0.927. The van der Waals surface area contributed by atoms with E-state index in [4.69, 9.17) is 5.11 Å². The number of carboxylic acid groups (broad SMARTS) is 1. The van der Waals surface area contributed by atoms with Crippen molar-refractivity contribution in [2.75, 3.05) is 49.8 Å². The molecular weight excluding hydrogens is 390 g/mol. The molecule has 1 aromatic heterocycles. The number of amides is 2. The molecule has 8 nitrogen and oxygen atoms in total. The summed E-state index contributed by atoms with van der Waals surface area (Å²) in [7, 11) is 3.50. The molecule has 0 spiro atoms. The van der Waals surface area contributed by atoms with E-state index in [1.807, 2.05) is 42.5 Å². The molecule has 1 aliphatic heterocycles. The number of aryl methyl sites for hydroxylation is 1. The number of carbonyl (C=O) groups is 2. The van der Waals surface area contributed by atoms with E-state index in [2.05, 4.69) is 9.97 Å². The van der Waals surface area contributed by atoms with E-state index in [0.29, 0.717) is 36.2 Å². The lowest BCUT2D eigenvalue weighted by Crippen LogP contribution is -2.33. The van der Waals surface area contributed by atoms with Crippen LogP contribution >= 0.6 is 11.8 Å². The second kappa shape index (κ2) is 9.13. The second-order valence-electron chi connectivity index (χ2n) is 6.95. The van der Waals surface area contributed by atoms with Gasteiger partial charge in [-0.3, -0.25) is 4.79 Å². The number of aromatic nitrogens is 2. The monoisotopic (exact) mass is 415 g/mol. The van der Waals surface area contributed by atoms with Crippen LogP contribution in [0.1, 0.15) is 22.3 Å². The molecule has 2 heterocycles.